The molecule has 93 heavy (non-hydrogen) atoms. The number of hydrogen-bond acceptors (Lipinski definition) is 13. The van der Waals surface area contributed by atoms with Gasteiger partial charge in [0.1, 0.15) is 54.4 Å². The fraction of sp³-hybridized carbons (Fsp3) is 0.647. The maximum Gasteiger partial charge on any atom is 0.254 e. The molecule has 0 spiro atoms. The number of hydrogen-bond donors (Lipinski definition) is 5. The van der Waals surface area contributed by atoms with E-state index >= 15 is 9.59 Å². The number of benzene rings is 2. The molecule has 25 nitrogen and oxygen atoms in total. The summed E-state index contributed by atoms with van der Waals surface area (Å²) in [6, 6.07) is 3.58. The third-order valence-corrected chi connectivity index (χ3v) is 17.7. The third-order valence-electron chi connectivity index (χ3n) is 17.7. The molecule has 2 aliphatic rings. The topological polar surface area (TPSA) is 299 Å². The van der Waals surface area contributed by atoms with E-state index in [1.165, 1.54) is 99.5 Å². The van der Waals surface area contributed by atoms with Gasteiger partial charge in [0.05, 0.1) is 12.6 Å². The molecule has 0 saturated carbocycles. The van der Waals surface area contributed by atoms with Gasteiger partial charge in [-0.3, -0.25) is 57.5 Å². The molecule has 0 aliphatic carbocycles. The van der Waals surface area contributed by atoms with Gasteiger partial charge in [0.2, 0.25) is 59.1 Å². The highest BCUT2D eigenvalue weighted by Gasteiger charge is 2.44. The summed E-state index contributed by atoms with van der Waals surface area (Å²) in [5.74, 6) is -10.7. The molecule has 2 fully saturated rings. The van der Waals surface area contributed by atoms with Crippen LogP contribution in [0.1, 0.15) is 126 Å². The molecule has 0 bridgehead atoms. The predicted molar refractivity (Wildman–Crippen MR) is 352 cm³/mol. The molecule has 2 aliphatic heterocycles. The maximum atomic E-state index is 15.2. The first-order valence-corrected chi connectivity index (χ1v) is 32.6. The van der Waals surface area contributed by atoms with Gasteiger partial charge in [-0.15, -0.1) is 0 Å². The highest BCUT2D eigenvalue weighted by Crippen LogP contribution is 2.23. The number of nitrogens with one attached hydrogen (secondary N) is 4. The molecule has 25 heteroatoms. The molecule has 516 valence electrons. The van der Waals surface area contributed by atoms with Crippen molar-refractivity contribution in [2.45, 2.75) is 194 Å². The number of amides is 12. The number of aliphatic hydroxyl groups excluding tert-OH is 1. The summed E-state index contributed by atoms with van der Waals surface area (Å²) in [6.07, 6.45) is 0.523. The van der Waals surface area contributed by atoms with E-state index in [-0.39, 0.29) is 62.9 Å². The number of nitrogens with zero attached hydrogens (tertiary/aromatic N) is 8. The van der Waals surface area contributed by atoms with Gasteiger partial charge in [-0.1, -0.05) is 116 Å². The Bertz CT molecular complexity index is 2920. The zero-order valence-electron chi connectivity index (χ0n) is 58.1. The smallest absolute Gasteiger partial charge is 0.254 e. The maximum absolute atomic E-state index is 15.2. The van der Waals surface area contributed by atoms with Crippen LogP contribution >= 0.6 is 0 Å². The first-order chi connectivity index (χ1) is 43.5. The van der Waals surface area contributed by atoms with Crippen molar-refractivity contribution in [3.05, 3.63) is 71.8 Å². The minimum atomic E-state index is -2.01. The Balaban J connectivity index is 1.93. The predicted octanol–water partition coefficient (Wildman–Crippen LogP) is 2.07. The van der Waals surface area contributed by atoms with Crippen molar-refractivity contribution >= 4 is 70.9 Å². The lowest BCUT2D eigenvalue weighted by Crippen LogP contribution is -2.65. The summed E-state index contributed by atoms with van der Waals surface area (Å²) in [7, 11) is 9.82. The van der Waals surface area contributed by atoms with Crippen LogP contribution < -0.4 is 21.3 Å². The Hall–Kier alpha value is -7.96. The van der Waals surface area contributed by atoms with E-state index in [4.69, 9.17) is 0 Å². The summed E-state index contributed by atoms with van der Waals surface area (Å²) in [6.45, 7) is 18.4. The summed E-state index contributed by atoms with van der Waals surface area (Å²) < 4.78 is 0. The zero-order valence-corrected chi connectivity index (χ0v) is 58.1. The molecule has 4 rings (SSSR count). The van der Waals surface area contributed by atoms with Crippen LogP contribution in [0.2, 0.25) is 0 Å². The highest BCUT2D eigenvalue weighted by molar-refractivity contribution is 6.09. The van der Waals surface area contributed by atoms with Crippen molar-refractivity contribution in [3.63, 3.8) is 0 Å². The molecule has 2 saturated heterocycles. The van der Waals surface area contributed by atoms with E-state index in [0.29, 0.717) is 24.0 Å². The Labute approximate surface area is 550 Å². The van der Waals surface area contributed by atoms with E-state index in [1.807, 2.05) is 27.7 Å². The van der Waals surface area contributed by atoms with Gasteiger partial charge in [-0.05, 0) is 94.1 Å². The molecule has 12 amide bonds. The van der Waals surface area contributed by atoms with Crippen LogP contribution in [0.4, 0.5) is 0 Å². The van der Waals surface area contributed by atoms with Gasteiger partial charge in [-0.25, -0.2) is 0 Å². The van der Waals surface area contributed by atoms with Crippen LogP contribution in [0.15, 0.2) is 60.7 Å². The van der Waals surface area contributed by atoms with Crippen molar-refractivity contribution in [1.82, 2.24) is 60.5 Å². The number of carbonyl (C=O) groups excluding carboxylic acids is 12. The number of likely N-dealkylation sites (tertiary alicyclic amines) is 1. The van der Waals surface area contributed by atoms with Gasteiger partial charge >= 0.3 is 0 Å². The van der Waals surface area contributed by atoms with Gasteiger partial charge in [0.15, 0.2) is 6.04 Å². The molecular weight excluding hydrogens is 1190 g/mol. The van der Waals surface area contributed by atoms with Gasteiger partial charge in [0, 0.05) is 75.3 Å². The lowest BCUT2D eigenvalue weighted by molar-refractivity contribution is -0.154. The lowest BCUT2D eigenvalue weighted by Gasteiger charge is -2.39. The Morgan fingerprint density at radius 2 is 0.882 bits per heavy atom. The number of rotatable bonds is 13. The van der Waals surface area contributed by atoms with Crippen molar-refractivity contribution in [2.75, 3.05) is 69.0 Å². The number of aliphatic hydroxyl groups is 1. The van der Waals surface area contributed by atoms with Crippen LogP contribution in [0, 0.1) is 23.7 Å². The Morgan fingerprint density at radius 3 is 1.38 bits per heavy atom. The molecule has 11 atom stereocenters. The van der Waals surface area contributed by atoms with Gasteiger partial charge < -0.3 is 65.6 Å². The van der Waals surface area contributed by atoms with Crippen molar-refractivity contribution in [3.8, 4) is 0 Å². The standard InChI is InChI=1S/C68H106N12O13/c1-40(2)34-49-59(84)71-56(46(11)81)60(85)72-57(68(93)80-32-26-21-27-33-80)61(86)70-55(43(7)8)67(92)74(13)45(10)63(88)78(17)52(36-42(5)6)65(90)79(18)51(35-41(3)4)64(89)73(12)39-54(82)75(14)50(37-47-28-22-19-23-29-47)58(83)69-44(9)62(87)77(16)53(66(91)76(49)15)38-48-30-24-20-25-31-48/h19-20,22-25,28-31,40-46,49-53,55-57,81H,21,26-27,32-39H2,1-18H3,(H,69,83)(H,70,86)(H,71,84)(H,72,85)/t44-,45-,46+,49-,50-,51-,52-,53-,55+,56-,57-/m0/s1. The van der Waals surface area contributed by atoms with Crippen molar-refractivity contribution < 1.29 is 62.6 Å². The third kappa shape index (κ3) is 21.0. The fourth-order valence-corrected chi connectivity index (χ4v) is 11.7. The lowest BCUT2D eigenvalue weighted by atomic mass is 9.97. The van der Waals surface area contributed by atoms with E-state index < -0.39 is 150 Å². The summed E-state index contributed by atoms with van der Waals surface area (Å²) in [5, 5.41) is 21.8. The number of piperidine rings is 1. The average molecular weight is 1300 g/mol. The van der Waals surface area contributed by atoms with Crippen LogP contribution in [0.25, 0.3) is 0 Å². The molecule has 0 aromatic heterocycles. The molecule has 2 aromatic carbocycles. The second kappa shape index (κ2) is 35.3. The molecule has 2 aromatic rings. The first-order valence-electron chi connectivity index (χ1n) is 32.6. The normalized spacial score (nSPS) is 25.9. The van der Waals surface area contributed by atoms with E-state index in [1.54, 1.807) is 88.4 Å². The van der Waals surface area contributed by atoms with Crippen LogP contribution in [-0.4, -0.2) is 251 Å². The molecule has 0 radical (unpaired) electrons. The van der Waals surface area contributed by atoms with E-state index in [2.05, 4.69) is 21.3 Å². The van der Waals surface area contributed by atoms with Crippen LogP contribution in [0.3, 0.4) is 0 Å². The van der Waals surface area contributed by atoms with Gasteiger partial charge in [0.25, 0.3) is 11.8 Å². The van der Waals surface area contributed by atoms with Crippen LogP contribution in [-0.2, 0) is 70.4 Å². The second-order valence-electron chi connectivity index (χ2n) is 27.0. The quantitative estimate of drug-likeness (QED) is 0.180. The molecule has 2 heterocycles. The fourth-order valence-electron chi connectivity index (χ4n) is 11.7. The molecular formula is C68H106N12O13. The summed E-state index contributed by atoms with van der Waals surface area (Å²) in [5.41, 5.74) is 1.30. The molecule has 5 N–H and O–H groups in total. The summed E-state index contributed by atoms with van der Waals surface area (Å²) >= 11 is 0. The monoisotopic (exact) mass is 1300 g/mol. The summed E-state index contributed by atoms with van der Waals surface area (Å²) in [4.78, 5) is 187. The zero-order chi connectivity index (χ0) is 70.0. The number of likely N-dealkylation sites (N-methyl/N-ethyl adjacent to an activating group) is 7. The highest BCUT2D eigenvalue weighted by atomic mass is 16.3. The SMILES string of the molecule is CC(C)C[C@H]1C(=O)N(C)[C@@H](CC(C)C)C(=O)N(C)CC(=O)N(C)[C@@H](Cc2ccccc2)C(=O)N[C@@H](C)C(=O)N(C)[C@@H](Cc2ccccc2)C(=O)N(C)[C@@H](CC(C)C)C(=O)N[C@@H]([C@@H](C)O)C(=O)N[C@H](C(=O)N2CCCCC2)C(=O)N[C@H](C(C)C)C(=O)N(C)[C@@H](C)C(=O)N1C. The minimum absolute atomic E-state index is 0.00760. The molecule has 0 unspecified atom stereocenters. The van der Waals surface area contributed by atoms with Crippen molar-refractivity contribution in [2.24, 2.45) is 23.7 Å². The van der Waals surface area contributed by atoms with Crippen molar-refractivity contribution in [1.29, 1.82) is 0 Å². The average Bonchev–Trinajstić information content (AvgIpc) is 0.865. The Kier molecular flexibility index (Phi) is 29.5. The van der Waals surface area contributed by atoms with E-state index in [9.17, 15) is 53.1 Å². The van der Waals surface area contributed by atoms with Crippen LogP contribution in [0.5, 0.6) is 0 Å². The first kappa shape index (κ1) is 77.5. The Morgan fingerprint density at radius 1 is 0.452 bits per heavy atom. The minimum Gasteiger partial charge on any atom is -0.391 e. The second-order valence-corrected chi connectivity index (χ2v) is 27.0. The van der Waals surface area contributed by atoms with Gasteiger partial charge in [-0.2, -0.15) is 0 Å². The van der Waals surface area contributed by atoms with E-state index in [0.717, 1.165) is 16.2 Å². The number of carbonyl (C=O) groups is 12. The largest absolute Gasteiger partial charge is 0.391 e.